The smallest absolute Gasteiger partial charge is 0.310 e. The number of aromatic nitrogens is 1. The molecule has 0 amide bonds. The summed E-state index contributed by atoms with van der Waals surface area (Å²) in [5, 5.41) is 3.17. The lowest BCUT2D eigenvalue weighted by molar-refractivity contribution is -0.141. The standard InChI is InChI=1S/C10H10BrF3N2/c11-8-5-16-9(10(12,13)14)3-6(8)4-15-7-1-2-7/h3,5,7,15H,1-2,4H2. The predicted octanol–water partition coefficient (Wildman–Crippen LogP) is 3.11. The maximum Gasteiger partial charge on any atom is 0.433 e. The lowest BCUT2D eigenvalue weighted by Gasteiger charge is -2.10. The third kappa shape index (κ3) is 2.95. The van der Waals surface area contributed by atoms with Gasteiger partial charge in [0.1, 0.15) is 5.69 Å². The van der Waals surface area contributed by atoms with Crippen LogP contribution in [-0.4, -0.2) is 11.0 Å². The molecular weight excluding hydrogens is 285 g/mol. The van der Waals surface area contributed by atoms with Gasteiger partial charge in [0, 0.05) is 23.3 Å². The molecule has 2 nitrogen and oxygen atoms in total. The van der Waals surface area contributed by atoms with Crippen molar-refractivity contribution >= 4 is 15.9 Å². The Morgan fingerprint density at radius 3 is 2.69 bits per heavy atom. The van der Waals surface area contributed by atoms with Crippen molar-refractivity contribution in [1.82, 2.24) is 10.3 Å². The second-order valence-electron chi connectivity index (χ2n) is 3.81. The molecule has 1 aromatic heterocycles. The molecule has 1 aliphatic rings. The zero-order valence-electron chi connectivity index (χ0n) is 8.31. The number of hydrogen-bond acceptors (Lipinski definition) is 2. The van der Waals surface area contributed by atoms with Gasteiger partial charge in [-0.15, -0.1) is 0 Å². The highest BCUT2D eigenvalue weighted by Crippen LogP contribution is 2.30. The Labute approximate surface area is 99.4 Å². The van der Waals surface area contributed by atoms with Crippen molar-refractivity contribution in [3.63, 3.8) is 0 Å². The lowest BCUT2D eigenvalue weighted by Crippen LogP contribution is -2.17. The molecule has 1 aliphatic carbocycles. The van der Waals surface area contributed by atoms with Crippen LogP contribution in [0.1, 0.15) is 24.1 Å². The first-order valence-electron chi connectivity index (χ1n) is 4.92. The normalized spacial score (nSPS) is 16.5. The van der Waals surface area contributed by atoms with Gasteiger partial charge in [0.25, 0.3) is 0 Å². The molecule has 88 valence electrons. The second-order valence-corrected chi connectivity index (χ2v) is 4.67. The van der Waals surface area contributed by atoms with Crippen LogP contribution >= 0.6 is 15.9 Å². The Hall–Kier alpha value is -0.620. The van der Waals surface area contributed by atoms with Crippen molar-refractivity contribution in [1.29, 1.82) is 0 Å². The number of hydrogen-bond donors (Lipinski definition) is 1. The van der Waals surface area contributed by atoms with Crippen molar-refractivity contribution in [2.45, 2.75) is 31.6 Å². The van der Waals surface area contributed by atoms with E-state index in [1.807, 2.05) is 0 Å². The Morgan fingerprint density at radius 2 is 2.12 bits per heavy atom. The molecule has 0 unspecified atom stereocenters. The van der Waals surface area contributed by atoms with Crippen molar-refractivity contribution in [2.24, 2.45) is 0 Å². The van der Waals surface area contributed by atoms with Crippen LogP contribution in [0, 0.1) is 0 Å². The molecule has 0 radical (unpaired) electrons. The number of nitrogens with zero attached hydrogens (tertiary/aromatic N) is 1. The van der Waals surface area contributed by atoms with E-state index in [1.165, 1.54) is 6.20 Å². The van der Waals surface area contributed by atoms with Gasteiger partial charge in [-0.1, -0.05) is 0 Å². The highest BCUT2D eigenvalue weighted by Gasteiger charge is 2.33. The molecule has 0 atom stereocenters. The average Bonchev–Trinajstić information content (AvgIpc) is 2.98. The van der Waals surface area contributed by atoms with Gasteiger partial charge >= 0.3 is 6.18 Å². The second kappa shape index (κ2) is 4.33. The Balaban J connectivity index is 2.14. The van der Waals surface area contributed by atoms with Crippen molar-refractivity contribution in [2.75, 3.05) is 0 Å². The van der Waals surface area contributed by atoms with E-state index in [0.717, 1.165) is 18.9 Å². The summed E-state index contributed by atoms with van der Waals surface area (Å²) in [4.78, 5) is 3.35. The van der Waals surface area contributed by atoms with Gasteiger partial charge in [0.2, 0.25) is 0 Å². The molecule has 1 saturated carbocycles. The molecule has 0 spiro atoms. The minimum atomic E-state index is -4.38. The van der Waals surface area contributed by atoms with Crippen LogP contribution in [0.2, 0.25) is 0 Å². The van der Waals surface area contributed by atoms with Gasteiger partial charge < -0.3 is 5.32 Å². The molecule has 16 heavy (non-hydrogen) atoms. The maximum atomic E-state index is 12.4. The summed E-state index contributed by atoms with van der Waals surface area (Å²) in [5.41, 5.74) is -0.252. The van der Waals surface area contributed by atoms with E-state index in [1.54, 1.807) is 0 Å². The average molecular weight is 295 g/mol. The van der Waals surface area contributed by atoms with Crippen LogP contribution in [0.5, 0.6) is 0 Å². The van der Waals surface area contributed by atoms with Gasteiger partial charge in [-0.25, -0.2) is 0 Å². The fourth-order valence-electron chi connectivity index (χ4n) is 1.31. The molecule has 0 aliphatic heterocycles. The molecule has 1 fully saturated rings. The van der Waals surface area contributed by atoms with Crippen molar-refractivity contribution in [3.8, 4) is 0 Å². The van der Waals surface area contributed by atoms with E-state index in [4.69, 9.17) is 0 Å². The Kier molecular flexibility index (Phi) is 3.21. The lowest BCUT2D eigenvalue weighted by atomic mass is 10.2. The van der Waals surface area contributed by atoms with Gasteiger partial charge in [-0.3, -0.25) is 4.98 Å². The quantitative estimate of drug-likeness (QED) is 0.926. The predicted molar refractivity (Wildman–Crippen MR) is 56.8 cm³/mol. The largest absolute Gasteiger partial charge is 0.433 e. The van der Waals surface area contributed by atoms with Crippen molar-refractivity contribution < 1.29 is 13.2 Å². The zero-order chi connectivity index (χ0) is 11.8. The fourth-order valence-corrected chi connectivity index (χ4v) is 1.67. The SMILES string of the molecule is FC(F)(F)c1cc(CNC2CC2)c(Br)cn1. The van der Waals surface area contributed by atoms with Gasteiger partial charge in [0.15, 0.2) is 0 Å². The number of alkyl halides is 3. The summed E-state index contributed by atoms with van der Waals surface area (Å²) in [7, 11) is 0. The minimum Gasteiger partial charge on any atom is -0.310 e. The topological polar surface area (TPSA) is 24.9 Å². The molecular formula is C10H10BrF3N2. The summed E-state index contributed by atoms with van der Waals surface area (Å²) in [6, 6.07) is 1.55. The van der Waals surface area contributed by atoms with E-state index in [-0.39, 0.29) is 0 Å². The van der Waals surface area contributed by atoms with Crippen LogP contribution in [0.3, 0.4) is 0 Å². The molecule has 2 rings (SSSR count). The molecule has 1 heterocycles. The van der Waals surface area contributed by atoms with E-state index < -0.39 is 11.9 Å². The van der Waals surface area contributed by atoms with E-state index in [2.05, 4.69) is 26.2 Å². The summed E-state index contributed by atoms with van der Waals surface area (Å²) >= 11 is 3.20. The fraction of sp³-hybridized carbons (Fsp3) is 0.500. The minimum absolute atomic E-state index is 0.441. The summed E-state index contributed by atoms with van der Waals surface area (Å²) < 4.78 is 37.8. The number of rotatable bonds is 3. The van der Waals surface area contributed by atoms with E-state index >= 15 is 0 Å². The van der Waals surface area contributed by atoms with E-state index in [9.17, 15) is 13.2 Å². The zero-order valence-corrected chi connectivity index (χ0v) is 9.90. The summed E-state index contributed by atoms with van der Waals surface area (Å²) in [6.07, 6.45) is -0.967. The first-order valence-corrected chi connectivity index (χ1v) is 5.71. The van der Waals surface area contributed by atoms with Crippen LogP contribution in [0.25, 0.3) is 0 Å². The number of halogens is 4. The van der Waals surface area contributed by atoms with Crippen LogP contribution in [0.15, 0.2) is 16.7 Å². The molecule has 0 aromatic carbocycles. The van der Waals surface area contributed by atoms with Crippen LogP contribution in [-0.2, 0) is 12.7 Å². The molecule has 1 aromatic rings. The Morgan fingerprint density at radius 1 is 1.44 bits per heavy atom. The molecule has 0 saturated heterocycles. The number of pyridine rings is 1. The van der Waals surface area contributed by atoms with Crippen molar-refractivity contribution in [3.05, 3.63) is 28.0 Å². The van der Waals surface area contributed by atoms with Gasteiger partial charge in [-0.2, -0.15) is 13.2 Å². The third-order valence-electron chi connectivity index (χ3n) is 2.38. The summed E-state index contributed by atoms with van der Waals surface area (Å²) in [6.45, 7) is 0.441. The first-order chi connectivity index (χ1) is 7.47. The van der Waals surface area contributed by atoms with E-state index in [0.29, 0.717) is 22.6 Å². The highest BCUT2D eigenvalue weighted by atomic mass is 79.9. The number of nitrogens with one attached hydrogen (secondary N) is 1. The van der Waals surface area contributed by atoms with Gasteiger partial charge in [-0.05, 0) is 40.4 Å². The molecule has 1 N–H and O–H groups in total. The summed E-state index contributed by atoms with van der Waals surface area (Å²) in [5.74, 6) is 0. The Bertz CT molecular complexity index is 388. The highest BCUT2D eigenvalue weighted by molar-refractivity contribution is 9.10. The monoisotopic (exact) mass is 294 g/mol. The first kappa shape index (κ1) is 11.9. The maximum absolute atomic E-state index is 12.4. The molecule has 0 bridgehead atoms. The van der Waals surface area contributed by atoms with Crippen LogP contribution < -0.4 is 5.32 Å². The van der Waals surface area contributed by atoms with Crippen LogP contribution in [0.4, 0.5) is 13.2 Å². The molecule has 6 heteroatoms. The van der Waals surface area contributed by atoms with Gasteiger partial charge in [0.05, 0.1) is 0 Å². The third-order valence-corrected chi connectivity index (χ3v) is 3.10.